The Kier molecular flexibility index (Phi) is 4.93. The van der Waals surface area contributed by atoms with Crippen molar-refractivity contribution in [1.82, 2.24) is 15.0 Å². The van der Waals surface area contributed by atoms with E-state index in [1.54, 1.807) is 11.3 Å². The van der Waals surface area contributed by atoms with Gasteiger partial charge >= 0.3 is 0 Å². The fraction of sp³-hybridized carbons (Fsp3) is 0.417. The predicted octanol–water partition coefficient (Wildman–Crippen LogP) is 3.58. The molecule has 2 aromatic rings. The normalized spacial score (nSPS) is 12.2. The number of anilines is 2. The van der Waals surface area contributed by atoms with Crippen LogP contribution < -0.4 is 10.6 Å². The molecule has 102 valence electrons. The molecule has 7 heteroatoms. The van der Waals surface area contributed by atoms with E-state index in [-0.39, 0.29) is 11.3 Å². The summed E-state index contributed by atoms with van der Waals surface area (Å²) in [6, 6.07) is 4.23. The van der Waals surface area contributed by atoms with E-state index in [2.05, 4.69) is 45.5 Å². The van der Waals surface area contributed by atoms with Crippen molar-refractivity contribution >= 4 is 34.8 Å². The van der Waals surface area contributed by atoms with Crippen LogP contribution in [0, 0.1) is 0 Å². The maximum absolute atomic E-state index is 5.90. The third kappa shape index (κ3) is 4.04. The van der Waals surface area contributed by atoms with Gasteiger partial charge in [0.15, 0.2) is 0 Å². The van der Waals surface area contributed by atoms with Crippen LogP contribution in [-0.2, 0) is 0 Å². The van der Waals surface area contributed by atoms with Gasteiger partial charge in [0, 0.05) is 11.4 Å². The number of nitrogens with zero attached hydrogens (tertiary/aromatic N) is 3. The molecule has 0 fully saturated rings. The lowest BCUT2D eigenvalue weighted by molar-refractivity contribution is 0.866. The lowest BCUT2D eigenvalue weighted by Crippen LogP contribution is -2.12. The van der Waals surface area contributed by atoms with Crippen molar-refractivity contribution in [3.05, 3.63) is 27.7 Å². The number of thiophene rings is 1. The largest absolute Gasteiger partial charge is 0.354 e. The van der Waals surface area contributed by atoms with E-state index >= 15 is 0 Å². The fourth-order valence-electron chi connectivity index (χ4n) is 1.53. The fourth-order valence-corrected chi connectivity index (χ4v) is 2.43. The SMILES string of the molecule is CCCNc1nc(Cl)nc(NC(C)c2cccs2)n1. The van der Waals surface area contributed by atoms with E-state index in [0.29, 0.717) is 11.9 Å². The Morgan fingerprint density at radius 3 is 2.79 bits per heavy atom. The number of halogens is 1. The topological polar surface area (TPSA) is 62.7 Å². The molecule has 0 aromatic carbocycles. The third-order valence-electron chi connectivity index (χ3n) is 2.46. The zero-order chi connectivity index (χ0) is 13.7. The van der Waals surface area contributed by atoms with E-state index in [1.807, 2.05) is 11.4 Å². The minimum Gasteiger partial charge on any atom is -0.354 e. The minimum atomic E-state index is 0.137. The Balaban J connectivity index is 2.09. The maximum Gasteiger partial charge on any atom is 0.229 e. The Bertz CT molecular complexity index is 517. The lowest BCUT2D eigenvalue weighted by Gasteiger charge is -2.12. The van der Waals surface area contributed by atoms with E-state index in [1.165, 1.54) is 4.88 Å². The minimum absolute atomic E-state index is 0.137. The molecule has 0 bridgehead atoms. The van der Waals surface area contributed by atoms with Crippen LogP contribution in [0.3, 0.4) is 0 Å². The first-order chi connectivity index (χ1) is 9.19. The van der Waals surface area contributed by atoms with Gasteiger partial charge in [-0.05, 0) is 36.4 Å². The van der Waals surface area contributed by atoms with Gasteiger partial charge in [-0.25, -0.2) is 0 Å². The lowest BCUT2D eigenvalue weighted by atomic mass is 10.3. The first kappa shape index (κ1) is 14.0. The van der Waals surface area contributed by atoms with Crippen LogP contribution in [0.1, 0.15) is 31.2 Å². The molecule has 19 heavy (non-hydrogen) atoms. The first-order valence-electron chi connectivity index (χ1n) is 6.14. The van der Waals surface area contributed by atoms with Gasteiger partial charge in [0.1, 0.15) is 0 Å². The summed E-state index contributed by atoms with van der Waals surface area (Å²) in [6.07, 6.45) is 0.998. The summed E-state index contributed by atoms with van der Waals surface area (Å²) in [5, 5.41) is 8.56. The molecular weight excluding hydrogens is 282 g/mol. The summed E-state index contributed by atoms with van der Waals surface area (Å²) in [6.45, 7) is 4.94. The Labute approximate surface area is 121 Å². The number of nitrogens with one attached hydrogen (secondary N) is 2. The van der Waals surface area contributed by atoms with Gasteiger partial charge in [0.25, 0.3) is 0 Å². The van der Waals surface area contributed by atoms with Gasteiger partial charge < -0.3 is 10.6 Å². The van der Waals surface area contributed by atoms with Gasteiger partial charge in [-0.3, -0.25) is 0 Å². The second-order valence-corrected chi connectivity index (χ2v) is 5.38. The molecule has 2 heterocycles. The van der Waals surface area contributed by atoms with Crippen molar-refractivity contribution in [2.45, 2.75) is 26.3 Å². The maximum atomic E-state index is 5.90. The van der Waals surface area contributed by atoms with E-state index in [9.17, 15) is 0 Å². The second kappa shape index (κ2) is 6.68. The molecule has 2 aromatic heterocycles. The number of hydrogen-bond acceptors (Lipinski definition) is 6. The summed E-state index contributed by atoms with van der Waals surface area (Å²) >= 11 is 7.59. The average Bonchev–Trinajstić information content (AvgIpc) is 2.89. The molecule has 0 amide bonds. The highest BCUT2D eigenvalue weighted by Crippen LogP contribution is 2.22. The molecule has 0 saturated heterocycles. The quantitative estimate of drug-likeness (QED) is 0.853. The molecule has 2 rings (SSSR count). The van der Waals surface area contributed by atoms with Gasteiger partial charge in [0.05, 0.1) is 6.04 Å². The van der Waals surface area contributed by atoms with Crippen molar-refractivity contribution in [2.24, 2.45) is 0 Å². The van der Waals surface area contributed by atoms with Crippen LogP contribution in [-0.4, -0.2) is 21.5 Å². The summed E-state index contributed by atoms with van der Waals surface area (Å²) in [7, 11) is 0. The van der Waals surface area contributed by atoms with Gasteiger partial charge in [-0.15, -0.1) is 11.3 Å². The Hall–Kier alpha value is -1.40. The molecule has 1 unspecified atom stereocenters. The van der Waals surface area contributed by atoms with Crippen LogP contribution in [0.5, 0.6) is 0 Å². The van der Waals surface area contributed by atoms with Crippen molar-refractivity contribution in [1.29, 1.82) is 0 Å². The summed E-state index contributed by atoms with van der Waals surface area (Å²) in [5.41, 5.74) is 0. The average molecular weight is 298 g/mol. The zero-order valence-electron chi connectivity index (χ0n) is 10.9. The Morgan fingerprint density at radius 2 is 2.11 bits per heavy atom. The van der Waals surface area contributed by atoms with Gasteiger partial charge in [0.2, 0.25) is 17.2 Å². The van der Waals surface area contributed by atoms with E-state index in [0.717, 1.165) is 13.0 Å². The second-order valence-electron chi connectivity index (χ2n) is 4.06. The van der Waals surface area contributed by atoms with Gasteiger partial charge in [-0.2, -0.15) is 15.0 Å². The number of rotatable bonds is 6. The highest BCUT2D eigenvalue weighted by molar-refractivity contribution is 7.10. The summed E-state index contributed by atoms with van der Waals surface area (Å²) in [5.74, 6) is 0.988. The third-order valence-corrected chi connectivity index (χ3v) is 3.68. The Morgan fingerprint density at radius 1 is 1.32 bits per heavy atom. The highest BCUT2D eigenvalue weighted by atomic mass is 35.5. The van der Waals surface area contributed by atoms with Crippen molar-refractivity contribution in [3.8, 4) is 0 Å². The van der Waals surface area contributed by atoms with Crippen LogP contribution in [0.25, 0.3) is 0 Å². The van der Waals surface area contributed by atoms with E-state index in [4.69, 9.17) is 11.6 Å². The van der Waals surface area contributed by atoms with Crippen LogP contribution in [0.15, 0.2) is 17.5 Å². The van der Waals surface area contributed by atoms with Crippen LogP contribution >= 0.6 is 22.9 Å². The predicted molar refractivity (Wildman–Crippen MR) is 80.0 cm³/mol. The van der Waals surface area contributed by atoms with Crippen LogP contribution in [0.2, 0.25) is 5.28 Å². The van der Waals surface area contributed by atoms with Crippen molar-refractivity contribution in [2.75, 3.05) is 17.2 Å². The summed E-state index contributed by atoms with van der Waals surface area (Å²) < 4.78 is 0. The molecule has 0 aliphatic rings. The highest BCUT2D eigenvalue weighted by Gasteiger charge is 2.10. The number of aromatic nitrogens is 3. The molecule has 0 radical (unpaired) electrons. The molecule has 0 spiro atoms. The first-order valence-corrected chi connectivity index (χ1v) is 7.40. The molecule has 1 atom stereocenters. The molecule has 0 aliphatic heterocycles. The molecule has 5 nitrogen and oxygen atoms in total. The molecule has 2 N–H and O–H groups in total. The zero-order valence-corrected chi connectivity index (χ0v) is 12.4. The van der Waals surface area contributed by atoms with Gasteiger partial charge in [-0.1, -0.05) is 13.0 Å². The van der Waals surface area contributed by atoms with E-state index < -0.39 is 0 Å². The standard InChI is InChI=1S/C12H16ClN5S/c1-3-6-14-11-16-10(13)17-12(18-11)15-8(2)9-5-4-7-19-9/h4-5,7-8H,3,6H2,1-2H3,(H2,14,15,16,17,18). The van der Waals surface area contributed by atoms with Crippen molar-refractivity contribution < 1.29 is 0 Å². The van der Waals surface area contributed by atoms with Crippen molar-refractivity contribution in [3.63, 3.8) is 0 Å². The molecular formula is C12H16ClN5S. The van der Waals surface area contributed by atoms with Crippen LogP contribution in [0.4, 0.5) is 11.9 Å². The monoisotopic (exact) mass is 297 g/mol. The smallest absolute Gasteiger partial charge is 0.229 e. The number of hydrogen-bond donors (Lipinski definition) is 2. The summed E-state index contributed by atoms with van der Waals surface area (Å²) in [4.78, 5) is 13.6. The molecule has 0 saturated carbocycles. The molecule has 0 aliphatic carbocycles.